The summed E-state index contributed by atoms with van der Waals surface area (Å²) >= 11 is 0. The summed E-state index contributed by atoms with van der Waals surface area (Å²) in [5.74, 6) is 0.00606. The van der Waals surface area contributed by atoms with Gasteiger partial charge in [-0.3, -0.25) is 9.59 Å². The van der Waals surface area contributed by atoms with E-state index in [0.29, 0.717) is 11.1 Å². The maximum absolute atomic E-state index is 11.7. The van der Waals surface area contributed by atoms with Crippen molar-refractivity contribution < 1.29 is 9.59 Å². The highest BCUT2D eigenvalue weighted by atomic mass is 16.1. The smallest absolute Gasteiger partial charge is 0.186 e. The second-order valence-electron chi connectivity index (χ2n) is 3.73. The predicted octanol–water partition coefficient (Wildman–Crippen LogP) is 1.82. The molecule has 0 aromatic heterocycles. The van der Waals surface area contributed by atoms with Crippen LogP contribution in [0.25, 0.3) is 0 Å². The van der Waals surface area contributed by atoms with Gasteiger partial charge in [0.25, 0.3) is 0 Å². The van der Waals surface area contributed by atoms with Crippen LogP contribution in [-0.4, -0.2) is 11.6 Å². The maximum Gasteiger partial charge on any atom is 0.186 e. The molecule has 3 aliphatic rings. The fourth-order valence-electron chi connectivity index (χ4n) is 2.16. The Bertz CT molecular complexity index is 537. The third-order valence-electron chi connectivity index (χ3n) is 2.83. The molecule has 0 saturated carbocycles. The highest BCUT2D eigenvalue weighted by Crippen LogP contribution is 2.37. The largest absolute Gasteiger partial charge is 0.289 e. The number of carbonyl (C=O) groups excluding carboxylic acids is 2. The molecule has 0 amide bonds. The van der Waals surface area contributed by atoms with Crippen LogP contribution in [0.1, 0.15) is 6.42 Å². The van der Waals surface area contributed by atoms with Gasteiger partial charge >= 0.3 is 0 Å². The minimum atomic E-state index is -0.00491. The van der Waals surface area contributed by atoms with E-state index in [-0.39, 0.29) is 11.6 Å². The lowest BCUT2D eigenvalue weighted by atomic mass is 9.91. The van der Waals surface area contributed by atoms with E-state index in [0.717, 1.165) is 17.6 Å². The van der Waals surface area contributed by atoms with Crippen LogP contribution < -0.4 is 0 Å². The molecule has 3 aliphatic carbocycles. The minimum absolute atomic E-state index is 0.00491. The summed E-state index contributed by atoms with van der Waals surface area (Å²) in [4.78, 5) is 23.3. The van der Waals surface area contributed by atoms with Crippen molar-refractivity contribution in [3.05, 3.63) is 58.7 Å². The van der Waals surface area contributed by atoms with E-state index in [2.05, 4.69) is 0 Å². The highest BCUT2D eigenvalue weighted by Gasteiger charge is 2.30. The van der Waals surface area contributed by atoms with Gasteiger partial charge in [-0.05, 0) is 35.8 Å². The fourth-order valence-corrected chi connectivity index (χ4v) is 2.16. The quantitative estimate of drug-likeness (QED) is 0.592. The molecule has 0 spiro atoms. The first kappa shape index (κ1) is 8.36. The second kappa shape index (κ2) is 2.76. The van der Waals surface area contributed by atoms with Gasteiger partial charge in [-0.2, -0.15) is 0 Å². The van der Waals surface area contributed by atoms with Gasteiger partial charge in [0.15, 0.2) is 11.6 Å². The standard InChI is InChI=1S/C13H8O2/c14-11-5-2-4-9-10(11)7-8-3-1-6-12(15)13(8)9/h1-2,4-7H,3H2. The summed E-state index contributed by atoms with van der Waals surface area (Å²) in [7, 11) is 0. The summed E-state index contributed by atoms with van der Waals surface area (Å²) in [5.41, 5.74) is 3.15. The second-order valence-corrected chi connectivity index (χ2v) is 3.73. The number of allylic oxidation sites excluding steroid dienone is 10. The molecular formula is C13H8O2. The molecule has 0 atom stereocenters. The van der Waals surface area contributed by atoms with Crippen LogP contribution in [0.4, 0.5) is 0 Å². The molecule has 0 aliphatic heterocycles. The number of carbonyl (C=O) groups is 2. The van der Waals surface area contributed by atoms with Crippen molar-refractivity contribution in [1.82, 2.24) is 0 Å². The van der Waals surface area contributed by atoms with E-state index in [1.54, 1.807) is 12.2 Å². The van der Waals surface area contributed by atoms with Crippen LogP contribution in [0.3, 0.4) is 0 Å². The first-order valence-corrected chi connectivity index (χ1v) is 4.86. The molecule has 2 nitrogen and oxygen atoms in total. The molecule has 0 radical (unpaired) electrons. The Balaban J connectivity index is 2.18. The lowest BCUT2D eigenvalue weighted by molar-refractivity contribution is -0.111. The molecule has 0 bridgehead atoms. The Hall–Kier alpha value is -1.96. The number of rotatable bonds is 0. The molecule has 3 rings (SSSR count). The van der Waals surface area contributed by atoms with Crippen LogP contribution in [0.5, 0.6) is 0 Å². The minimum Gasteiger partial charge on any atom is -0.289 e. The Labute approximate surface area is 87.0 Å². The zero-order valence-corrected chi connectivity index (χ0v) is 7.99. The molecule has 15 heavy (non-hydrogen) atoms. The van der Waals surface area contributed by atoms with Crippen molar-refractivity contribution in [3.8, 4) is 0 Å². The average Bonchev–Trinajstić information content (AvgIpc) is 2.59. The van der Waals surface area contributed by atoms with Crippen molar-refractivity contribution in [2.45, 2.75) is 6.42 Å². The number of hydrogen-bond donors (Lipinski definition) is 0. The summed E-state index contributed by atoms with van der Waals surface area (Å²) < 4.78 is 0. The van der Waals surface area contributed by atoms with E-state index in [1.807, 2.05) is 18.2 Å². The summed E-state index contributed by atoms with van der Waals surface area (Å²) in [5, 5.41) is 0. The van der Waals surface area contributed by atoms with Crippen LogP contribution in [0, 0.1) is 0 Å². The molecular weight excluding hydrogens is 188 g/mol. The van der Waals surface area contributed by atoms with Crippen LogP contribution in [-0.2, 0) is 9.59 Å². The van der Waals surface area contributed by atoms with Crippen LogP contribution in [0.15, 0.2) is 58.7 Å². The van der Waals surface area contributed by atoms with Gasteiger partial charge in [-0.15, -0.1) is 0 Å². The van der Waals surface area contributed by atoms with Crippen molar-refractivity contribution in [2.24, 2.45) is 0 Å². The molecule has 0 unspecified atom stereocenters. The zero-order valence-electron chi connectivity index (χ0n) is 7.99. The van der Waals surface area contributed by atoms with Gasteiger partial charge in [-0.1, -0.05) is 18.2 Å². The Morgan fingerprint density at radius 3 is 2.73 bits per heavy atom. The molecule has 2 heteroatoms. The van der Waals surface area contributed by atoms with Crippen molar-refractivity contribution in [3.63, 3.8) is 0 Å². The Morgan fingerprint density at radius 1 is 1.00 bits per heavy atom. The third kappa shape index (κ3) is 1.05. The maximum atomic E-state index is 11.7. The van der Waals surface area contributed by atoms with E-state index >= 15 is 0 Å². The van der Waals surface area contributed by atoms with Crippen LogP contribution in [0.2, 0.25) is 0 Å². The number of hydrogen-bond acceptors (Lipinski definition) is 2. The third-order valence-corrected chi connectivity index (χ3v) is 2.83. The monoisotopic (exact) mass is 196 g/mol. The fraction of sp³-hybridized carbons (Fsp3) is 0.0769. The molecule has 0 heterocycles. The van der Waals surface area contributed by atoms with Gasteiger partial charge in [0, 0.05) is 11.1 Å². The number of fused-ring (bicyclic) bond motifs is 2. The van der Waals surface area contributed by atoms with Crippen molar-refractivity contribution >= 4 is 11.6 Å². The lowest BCUT2D eigenvalue weighted by Gasteiger charge is -2.11. The van der Waals surface area contributed by atoms with E-state index in [9.17, 15) is 9.59 Å². The Morgan fingerprint density at radius 2 is 1.87 bits per heavy atom. The highest BCUT2D eigenvalue weighted by molar-refractivity contribution is 6.19. The lowest BCUT2D eigenvalue weighted by Crippen LogP contribution is -2.09. The van der Waals surface area contributed by atoms with Crippen molar-refractivity contribution in [2.75, 3.05) is 0 Å². The van der Waals surface area contributed by atoms with E-state index < -0.39 is 0 Å². The summed E-state index contributed by atoms with van der Waals surface area (Å²) in [6, 6.07) is 0. The topological polar surface area (TPSA) is 34.1 Å². The van der Waals surface area contributed by atoms with E-state index in [1.165, 1.54) is 6.08 Å². The van der Waals surface area contributed by atoms with Gasteiger partial charge in [0.2, 0.25) is 0 Å². The normalized spacial score (nSPS) is 22.7. The van der Waals surface area contributed by atoms with Gasteiger partial charge < -0.3 is 0 Å². The first-order chi connectivity index (χ1) is 7.27. The van der Waals surface area contributed by atoms with Gasteiger partial charge in [0.05, 0.1) is 0 Å². The first-order valence-electron chi connectivity index (χ1n) is 4.86. The SMILES string of the molecule is O=C1C=CC=C2C1=CC1=C2C(=O)C=CC1. The van der Waals surface area contributed by atoms with Crippen LogP contribution >= 0.6 is 0 Å². The molecule has 0 fully saturated rings. The molecule has 0 aromatic carbocycles. The van der Waals surface area contributed by atoms with Gasteiger partial charge in [0.1, 0.15) is 0 Å². The summed E-state index contributed by atoms with van der Waals surface area (Å²) in [6.45, 7) is 0. The average molecular weight is 196 g/mol. The predicted molar refractivity (Wildman–Crippen MR) is 56.1 cm³/mol. The molecule has 72 valence electrons. The van der Waals surface area contributed by atoms with Crippen molar-refractivity contribution in [1.29, 1.82) is 0 Å². The molecule has 0 aromatic rings. The molecule has 0 N–H and O–H groups in total. The summed E-state index contributed by atoms with van der Waals surface area (Å²) in [6.07, 6.45) is 11.1. The molecule has 0 saturated heterocycles. The Kier molecular flexibility index (Phi) is 1.54. The zero-order chi connectivity index (χ0) is 10.4. The van der Waals surface area contributed by atoms with Gasteiger partial charge in [-0.25, -0.2) is 0 Å². The number of ketones is 2. The van der Waals surface area contributed by atoms with E-state index in [4.69, 9.17) is 0 Å².